The SMILES string of the molecule is COc1ccc(Cc2coc(CN)n2)cc1. The maximum Gasteiger partial charge on any atom is 0.207 e. The Kier molecular flexibility index (Phi) is 3.22. The molecule has 0 unspecified atom stereocenters. The van der Waals surface area contributed by atoms with Crippen LogP contribution in [0, 0.1) is 0 Å². The fourth-order valence-electron chi connectivity index (χ4n) is 1.48. The van der Waals surface area contributed by atoms with E-state index in [0.29, 0.717) is 12.4 Å². The van der Waals surface area contributed by atoms with Crippen molar-refractivity contribution in [2.24, 2.45) is 5.73 Å². The zero-order valence-electron chi connectivity index (χ0n) is 9.14. The largest absolute Gasteiger partial charge is 0.497 e. The van der Waals surface area contributed by atoms with Crippen LogP contribution in [0.5, 0.6) is 5.75 Å². The van der Waals surface area contributed by atoms with Gasteiger partial charge in [0.2, 0.25) is 5.89 Å². The molecule has 0 aliphatic heterocycles. The van der Waals surface area contributed by atoms with Crippen LogP contribution < -0.4 is 10.5 Å². The Hall–Kier alpha value is -1.81. The summed E-state index contributed by atoms with van der Waals surface area (Å²) in [6.07, 6.45) is 2.39. The van der Waals surface area contributed by atoms with Gasteiger partial charge in [0.15, 0.2) is 0 Å². The van der Waals surface area contributed by atoms with Crippen LogP contribution in [0.25, 0.3) is 0 Å². The molecule has 84 valence electrons. The molecule has 0 saturated carbocycles. The predicted octanol–water partition coefficient (Wildman–Crippen LogP) is 1.73. The van der Waals surface area contributed by atoms with Gasteiger partial charge < -0.3 is 14.9 Å². The Bertz CT molecular complexity index is 448. The van der Waals surface area contributed by atoms with Gasteiger partial charge in [0.05, 0.1) is 19.3 Å². The summed E-state index contributed by atoms with van der Waals surface area (Å²) in [4.78, 5) is 4.24. The lowest BCUT2D eigenvalue weighted by Crippen LogP contribution is -1.96. The van der Waals surface area contributed by atoms with Crippen molar-refractivity contribution in [3.63, 3.8) is 0 Å². The van der Waals surface area contributed by atoms with Gasteiger partial charge in [-0.15, -0.1) is 0 Å². The summed E-state index contributed by atoms with van der Waals surface area (Å²) in [5, 5.41) is 0. The van der Waals surface area contributed by atoms with Crippen LogP contribution in [0.1, 0.15) is 17.1 Å². The van der Waals surface area contributed by atoms with Crippen molar-refractivity contribution in [1.82, 2.24) is 4.98 Å². The van der Waals surface area contributed by atoms with E-state index in [4.69, 9.17) is 14.9 Å². The lowest BCUT2D eigenvalue weighted by Gasteiger charge is -2.01. The third-order valence-electron chi connectivity index (χ3n) is 2.32. The molecule has 1 aromatic heterocycles. The molecule has 0 saturated heterocycles. The first-order valence-corrected chi connectivity index (χ1v) is 5.08. The number of hydrogen-bond donors (Lipinski definition) is 1. The number of nitrogens with two attached hydrogens (primary N) is 1. The molecule has 2 N–H and O–H groups in total. The van der Waals surface area contributed by atoms with Crippen LogP contribution in [0.4, 0.5) is 0 Å². The van der Waals surface area contributed by atoms with Crippen molar-refractivity contribution in [3.05, 3.63) is 47.7 Å². The van der Waals surface area contributed by atoms with E-state index in [1.54, 1.807) is 13.4 Å². The number of aromatic nitrogens is 1. The monoisotopic (exact) mass is 218 g/mol. The second kappa shape index (κ2) is 4.81. The molecule has 0 fully saturated rings. The van der Waals surface area contributed by atoms with Gasteiger partial charge in [-0.3, -0.25) is 0 Å². The Morgan fingerprint density at radius 2 is 2.06 bits per heavy atom. The first kappa shape index (κ1) is 10.7. The number of oxazole rings is 1. The number of hydrogen-bond acceptors (Lipinski definition) is 4. The summed E-state index contributed by atoms with van der Waals surface area (Å²) in [5.41, 5.74) is 7.48. The first-order chi connectivity index (χ1) is 7.81. The normalized spacial score (nSPS) is 10.4. The third-order valence-corrected chi connectivity index (χ3v) is 2.32. The van der Waals surface area contributed by atoms with Crippen LogP contribution in [0.2, 0.25) is 0 Å². The van der Waals surface area contributed by atoms with Gasteiger partial charge in [0, 0.05) is 6.42 Å². The number of methoxy groups -OCH3 is 1. The van der Waals surface area contributed by atoms with Crippen molar-refractivity contribution < 1.29 is 9.15 Å². The molecule has 0 aliphatic rings. The minimum Gasteiger partial charge on any atom is -0.497 e. The summed E-state index contributed by atoms with van der Waals surface area (Å²) in [5.74, 6) is 1.43. The molecule has 0 radical (unpaired) electrons. The Balaban J connectivity index is 2.08. The zero-order chi connectivity index (χ0) is 11.4. The van der Waals surface area contributed by atoms with Crippen molar-refractivity contribution in [3.8, 4) is 5.75 Å². The van der Waals surface area contributed by atoms with E-state index < -0.39 is 0 Å². The molecule has 0 amide bonds. The fourth-order valence-corrected chi connectivity index (χ4v) is 1.48. The van der Waals surface area contributed by atoms with Crippen LogP contribution in [-0.2, 0) is 13.0 Å². The van der Waals surface area contributed by atoms with Gasteiger partial charge in [0.1, 0.15) is 12.0 Å². The smallest absolute Gasteiger partial charge is 0.207 e. The van der Waals surface area contributed by atoms with E-state index in [2.05, 4.69) is 4.98 Å². The second-order valence-corrected chi connectivity index (χ2v) is 3.46. The molecule has 2 aromatic rings. The molecule has 0 aliphatic carbocycles. The number of benzene rings is 1. The highest BCUT2D eigenvalue weighted by atomic mass is 16.5. The molecule has 0 spiro atoms. The molecule has 0 atom stereocenters. The summed E-state index contributed by atoms with van der Waals surface area (Å²) in [6, 6.07) is 7.88. The van der Waals surface area contributed by atoms with Crippen molar-refractivity contribution in [2.75, 3.05) is 7.11 Å². The molecular formula is C12H14N2O2. The van der Waals surface area contributed by atoms with E-state index >= 15 is 0 Å². The predicted molar refractivity (Wildman–Crippen MR) is 60.2 cm³/mol. The second-order valence-electron chi connectivity index (χ2n) is 3.46. The lowest BCUT2D eigenvalue weighted by atomic mass is 10.1. The molecule has 4 nitrogen and oxygen atoms in total. The highest BCUT2D eigenvalue weighted by Crippen LogP contribution is 2.14. The highest BCUT2D eigenvalue weighted by molar-refractivity contribution is 5.29. The van der Waals surface area contributed by atoms with Crippen LogP contribution >= 0.6 is 0 Å². The molecule has 4 heteroatoms. The maximum atomic E-state index is 5.42. The minimum absolute atomic E-state index is 0.336. The maximum absolute atomic E-state index is 5.42. The summed E-state index contributed by atoms with van der Waals surface area (Å²) in [7, 11) is 1.65. The molecule has 1 heterocycles. The molecule has 1 aromatic carbocycles. The quantitative estimate of drug-likeness (QED) is 0.849. The van der Waals surface area contributed by atoms with Gasteiger partial charge in [-0.25, -0.2) is 4.98 Å². The fraction of sp³-hybridized carbons (Fsp3) is 0.250. The average Bonchev–Trinajstić information content (AvgIpc) is 2.78. The first-order valence-electron chi connectivity index (χ1n) is 5.08. The Morgan fingerprint density at radius 1 is 1.31 bits per heavy atom. The summed E-state index contributed by atoms with van der Waals surface area (Å²) in [6.45, 7) is 0.336. The van der Waals surface area contributed by atoms with E-state index in [9.17, 15) is 0 Å². The van der Waals surface area contributed by atoms with E-state index in [0.717, 1.165) is 23.4 Å². The standard InChI is InChI=1S/C12H14N2O2/c1-15-11-4-2-9(3-5-11)6-10-8-16-12(7-13)14-10/h2-5,8H,6-7,13H2,1H3. The number of ether oxygens (including phenoxy) is 1. The number of rotatable bonds is 4. The summed E-state index contributed by atoms with van der Waals surface area (Å²) >= 11 is 0. The molecule has 0 bridgehead atoms. The van der Waals surface area contributed by atoms with Crippen LogP contribution in [0.15, 0.2) is 34.9 Å². The van der Waals surface area contributed by atoms with Gasteiger partial charge in [-0.05, 0) is 17.7 Å². The minimum atomic E-state index is 0.336. The van der Waals surface area contributed by atoms with Crippen LogP contribution in [-0.4, -0.2) is 12.1 Å². The molecule has 16 heavy (non-hydrogen) atoms. The average molecular weight is 218 g/mol. The summed E-state index contributed by atoms with van der Waals surface area (Å²) < 4.78 is 10.3. The van der Waals surface area contributed by atoms with Crippen molar-refractivity contribution >= 4 is 0 Å². The lowest BCUT2D eigenvalue weighted by molar-refractivity contribution is 0.414. The van der Waals surface area contributed by atoms with E-state index in [-0.39, 0.29) is 0 Å². The van der Waals surface area contributed by atoms with E-state index in [1.807, 2.05) is 24.3 Å². The number of nitrogens with zero attached hydrogens (tertiary/aromatic N) is 1. The van der Waals surface area contributed by atoms with Crippen molar-refractivity contribution in [2.45, 2.75) is 13.0 Å². The van der Waals surface area contributed by atoms with Gasteiger partial charge in [-0.1, -0.05) is 12.1 Å². The highest BCUT2D eigenvalue weighted by Gasteiger charge is 2.03. The zero-order valence-corrected chi connectivity index (χ0v) is 9.14. The van der Waals surface area contributed by atoms with Gasteiger partial charge >= 0.3 is 0 Å². The van der Waals surface area contributed by atoms with Crippen molar-refractivity contribution in [1.29, 1.82) is 0 Å². The Labute approximate surface area is 94.1 Å². The van der Waals surface area contributed by atoms with Crippen LogP contribution in [0.3, 0.4) is 0 Å². The van der Waals surface area contributed by atoms with Gasteiger partial charge in [0.25, 0.3) is 0 Å². The Morgan fingerprint density at radius 3 is 2.62 bits per heavy atom. The third kappa shape index (κ3) is 2.41. The van der Waals surface area contributed by atoms with Gasteiger partial charge in [-0.2, -0.15) is 0 Å². The topological polar surface area (TPSA) is 61.3 Å². The molecular weight excluding hydrogens is 204 g/mol. The van der Waals surface area contributed by atoms with E-state index in [1.165, 1.54) is 0 Å². The molecule has 2 rings (SSSR count).